The molecule has 0 bridgehead atoms. The molecular formula is C36H37FN8O. The minimum absolute atomic E-state index is 0.342. The highest BCUT2D eigenvalue weighted by Crippen LogP contribution is 2.35. The third-order valence-corrected chi connectivity index (χ3v) is 9.21. The van der Waals surface area contributed by atoms with E-state index in [-0.39, 0.29) is 5.82 Å². The van der Waals surface area contributed by atoms with Gasteiger partial charge in [0.05, 0.1) is 28.6 Å². The number of nitrogens with zero attached hydrogens (tertiary/aromatic N) is 6. The minimum atomic E-state index is -0.342. The summed E-state index contributed by atoms with van der Waals surface area (Å²) in [5.41, 5.74) is 8.50. The SMILES string of the molecule is Fc1cc(OCCN2CCCC2)cc(-c2cncc3[nH]c(-c4n[nH]c5ccc(-c6cncc(CN7CCCCC7)c6)nc45)cc23)c1. The van der Waals surface area contributed by atoms with Crippen LogP contribution in [0.5, 0.6) is 5.75 Å². The van der Waals surface area contributed by atoms with Gasteiger partial charge in [0, 0.05) is 54.3 Å². The van der Waals surface area contributed by atoms with Crippen molar-refractivity contribution in [3.63, 3.8) is 0 Å². The van der Waals surface area contributed by atoms with Gasteiger partial charge in [-0.2, -0.15) is 5.10 Å². The van der Waals surface area contributed by atoms with Crippen LogP contribution in [0.1, 0.15) is 37.7 Å². The van der Waals surface area contributed by atoms with Crippen LogP contribution < -0.4 is 4.74 Å². The molecule has 1 aromatic carbocycles. The molecule has 0 amide bonds. The van der Waals surface area contributed by atoms with Gasteiger partial charge in [-0.1, -0.05) is 6.42 Å². The number of likely N-dealkylation sites (tertiary alicyclic amines) is 2. The predicted octanol–water partition coefficient (Wildman–Crippen LogP) is 6.83. The van der Waals surface area contributed by atoms with Gasteiger partial charge in [0.2, 0.25) is 0 Å². The van der Waals surface area contributed by atoms with E-state index in [0.717, 1.165) is 83.7 Å². The Balaban J connectivity index is 1.08. The topological polar surface area (TPSA) is 98.8 Å². The summed E-state index contributed by atoms with van der Waals surface area (Å²) in [6, 6.07) is 13.1. The van der Waals surface area contributed by atoms with E-state index in [1.165, 1.54) is 49.8 Å². The lowest BCUT2D eigenvalue weighted by Gasteiger charge is -2.26. The first kappa shape index (κ1) is 28.8. The molecule has 234 valence electrons. The number of aromatic amines is 2. The highest BCUT2D eigenvalue weighted by Gasteiger charge is 2.18. The van der Waals surface area contributed by atoms with Gasteiger partial charge in [-0.25, -0.2) is 9.37 Å². The smallest absolute Gasteiger partial charge is 0.135 e. The summed E-state index contributed by atoms with van der Waals surface area (Å²) in [5, 5.41) is 8.70. The molecule has 5 aromatic heterocycles. The van der Waals surface area contributed by atoms with Crippen molar-refractivity contribution in [3.8, 4) is 39.5 Å². The normalized spacial score (nSPS) is 16.1. The third kappa shape index (κ3) is 5.98. The quantitative estimate of drug-likeness (QED) is 0.184. The number of benzene rings is 1. The van der Waals surface area contributed by atoms with E-state index in [1.807, 2.05) is 36.7 Å². The zero-order valence-electron chi connectivity index (χ0n) is 25.8. The van der Waals surface area contributed by atoms with E-state index >= 15 is 0 Å². The molecule has 2 aliphatic rings. The van der Waals surface area contributed by atoms with Crippen molar-refractivity contribution in [2.45, 2.75) is 38.6 Å². The lowest BCUT2D eigenvalue weighted by molar-refractivity contribution is 0.220. The summed E-state index contributed by atoms with van der Waals surface area (Å²) in [6.45, 7) is 6.77. The maximum Gasteiger partial charge on any atom is 0.135 e. The van der Waals surface area contributed by atoms with Crippen LogP contribution in [0, 0.1) is 5.82 Å². The zero-order chi connectivity index (χ0) is 30.9. The monoisotopic (exact) mass is 616 g/mol. The summed E-state index contributed by atoms with van der Waals surface area (Å²) in [6.07, 6.45) is 13.7. The predicted molar refractivity (Wildman–Crippen MR) is 178 cm³/mol. The fraction of sp³-hybridized carbons (Fsp3) is 0.333. The molecule has 0 atom stereocenters. The van der Waals surface area contributed by atoms with Crippen LogP contribution in [0.3, 0.4) is 0 Å². The van der Waals surface area contributed by atoms with Gasteiger partial charge in [-0.15, -0.1) is 0 Å². The molecule has 2 fully saturated rings. The number of hydrogen-bond acceptors (Lipinski definition) is 7. The Morgan fingerprint density at radius 1 is 0.783 bits per heavy atom. The highest BCUT2D eigenvalue weighted by atomic mass is 19.1. The second kappa shape index (κ2) is 12.6. The average Bonchev–Trinajstić information content (AvgIpc) is 3.85. The summed E-state index contributed by atoms with van der Waals surface area (Å²) in [5.74, 6) is 0.178. The van der Waals surface area contributed by atoms with E-state index in [2.05, 4.69) is 41.0 Å². The molecule has 46 heavy (non-hydrogen) atoms. The van der Waals surface area contributed by atoms with Crippen molar-refractivity contribution in [1.82, 2.24) is 39.9 Å². The first-order valence-electron chi connectivity index (χ1n) is 16.3. The zero-order valence-corrected chi connectivity index (χ0v) is 25.8. The Bertz CT molecular complexity index is 1990. The Hall–Kier alpha value is -4.67. The van der Waals surface area contributed by atoms with Crippen molar-refractivity contribution >= 4 is 21.9 Å². The standard InChI is InChI=1S/C36H37FN8O/c37-27-15-25(16-28(17-27)46-13-12-44-8-4-5-9-44)30-21-39-22-34-29(30)18-33(40-34)36-35-32(42-43-36)7-6-31(41-35)26-14-24(19-38-20-26)23-45-10-2-1-3-11-45/h6-7,14-22,40H,1-5,8-13,23H2,(H,42,43). The molecule has 2 N–H and O–H groups in total. The van der Waals surface area contributed by atoms with E-state index in [1.54, 1.807) is 12.4 Å². The number of ether oxygens (including phenoxy) is 1. The third-order valence-electron chi connectivity index (χ3n) is 9.21. The molecule has 2 saturated heterocycles. The lowest BCUT2D eigenvalue weighted by Crippen LogP contribution is -2.29. The number of hydrogen-bond donors (Lipinski definition) is 2. The van der Waals surface area contributed by atoms with Crippen LogP contribution in [0.25, 0.3) is 55.7 Å². The number of H-pyrrole nitrogens is 2. The molecule has 0 aliphatic carbocycles. The largest absolute Gasteiger partial charge is 0.492 e. The number of fused-ring (bicyclic) bond motifs is 2. The van der Waals surface area contributed by atoms with Gasteiger partial charge in [-0.3, -0.25) is 24.9 Å². The Morgan fingerprint density at radius 3 is 2.50 bits per heavy atom. The van der Waals surface area contributed by atoms with Gasteiger partial charge in [0.25, 0.3) is 0 Å². The second-order valence-electron chi connectivity index (χ2n) is 12.5. The number of halogens is 1. The van der Waals surface area contributed by atoms with Gasteiger partial charge in [0.15, 0.2) is 0 Å². The van der Waals surface area contributed by atoms with Gasteiger partial charge >= 0.3 is 0 Å². The van der Waals surface area contributed by atoms with Crippen molar-refractivity contribution in [2.75, 3.05) is 39.3 Å². The molecule has 0 unspecified atom stereocenters. The van der Waals surface area contributed by atoms with E-state index in [9.17, 15) is 4.39 Å². The molecule has 0 spiro atoms. The van der Waals surface area contributed by atoms with Crippen LogP contribution in [-0.4, -0.2) is 79.3 Å². The molecule has 2 aliphatic heterocycles. The van der Waals surface area contributed by atoms with E-state index < -0.39 is 0 Å². The van der Waals surface area contributed by atoms with Crippen LogP contribution in [-0.2, 0) is 6.54 Å². The van der Waals surface area contributed by atoms with Crippen LogP contribution in [0.2, 0.25) is 0 Å². The average molecular weight is 617 g/mol. The molecular weight excluding hydrogens is 579 g/mol. The summed E-state index contributed by atoms with van der Waals surface area (Å²) in [7, 11) is 0. The first-order chi connectivity index (χ1) is 22.7. The van der Waals surface area contributed by atoms with Crippen molar-refractivity contribution in [1.29, 1.82) is 0 Å². The molecule has 8 rings (SSSR count). The number of rotatable bonds is 9. The van der Waals surface area contributed by atoms with Gasteiger partial charge < -0.3 is 9.72 Å². The van der Waals surface area contributed by atoms with Gasteiger partial charge in [0.1, 0.15) is 29.4 Å². The Labute approximate surface area is 266 Å². The van der Waals surface area contributed by atoms with Crippen molar-refractivity contribution < 1.29 is 9.13 Å². The molecule has 0 radical (unpaired) electrons. The molecule has 6 aromatic rings. The number of piperidine rings is 1. The van der Waals surface area contributed by atoms with Crippen LogP contribution >= 0.6 is 0 Å². The van der Waals surface area contributed by atoms with Crippen molar-refractivity contribution in [3.05, 3.63) is 78.6 Å². The van der Waals surface area contributed by atoms with Crippen molar-refractivity contribution in [2.24, 2.45) is 0 Å². The maximum absolute atomic E-state index is 14.8. The number of aromatic nitrogens is 6. The van der Waals surface area contributed by atoms with Crippen LogP contribution in [0.4, 0.5) is 4.39 Å². The fourth-order valence-electron chi connectivity index (χ4n) is 6.85. The highest BCUT2D eigenvalue weighted by molar-refractivity contribution is 6.00. The summed E-state index contributed by atoms with van der Waals surface area (Å²) < 4.78 is 20.8. The second-order valence-corrected chi connectivity index (χ2v) is 12.5. The number of nitrogens with one attached hydrogen (secondary N) is 2. The fourth-order valence-corrected chi connectivity index (χ4v) is 6.85. The molecule has 9 nitrogen and oxygen atoms in total. The lowest BCUT2D eigenvalue weighted by atomic mass is 10.0. The minimum Gasteiger partial charge on any atom is -0.492 e. The van der Waals surface area contributed by atoms with E-state index in [0.29, 0.717) is 23.6 Å². The Morgan fingerprint density at radius 2 is 1.61 bits per heavy atom. The first-order valence-corrected chi connectivity index (χ1v) is 16.3. The Kier molecular flexibility index (Phi) is 7.89. The summed E-state index contributed by atoms with van der Waals surface area (Å²) in [4.78, 5) is 22.4. The van der Waals surface area contributed by atoms with Crippen LogP contribution in [0.15, 0.2) is 67.3 Å². The molecule has 0 saturated carbocycles. The molecule has 10 heteroatoms. The van der Waals surface area contributed by atoms with E-state index in [4.69, 9.17) is 9.72 Å². The maximum atomic E-state index is 14.8. The number of pyridine rings is 3. The summed E-state index contributed by atoms with van der Waals surface area (Å²) >= 11 is 0. The van der Waals surface area contributed by atoms with Gasteiger partial charge in [-0.05, 0) is 99.4 Å². The molecule has 7 heterocycles.